The normalized spacial score (nSPS) is 10.5. The van der Waals surface area contributed by atoms with Gasteiger partial charge in [-0.15, -0.1) is 0 Å². The Labute approximate surface area is 128 Å². The van der Waals surface area contributed by atoms with E-state index < -0.39 is 5.82 Å². The molecule has 1 nitrogen and oxygen atoms in total. The van der Waals surface area contributed by atoms with E-state index in [1.54, 1.807) is 18.2 Å². The molecule has 0 spiro atoms. The van der Waals surface area contributed by atoms with Crippen molar-refractivity contribution in [2.75, 3.05) is 0 Å². The number of rotatable bonds is 3. The Kier molecular flexibility index (Phi) is 4.61. The molecule has 0 N–H and O–H groups in total. The molecule has 5 heteroatoms. The van der Waals surface area contributed by atoms with Crippen LogP contribution in [0.1, 0.15) is 15.9 Å². The van der Waals surface area contributed by atoms with Crippen LogP contribution in [0.3, 0.4) is 0 Å². The molecule has 0 saturated heterocycles. The number of Topliss-reactive ketones (excluding diaryl/α,β-unsaturated/α-hetero) is 1. The van der Waals surface area contributed by atoms with Gasteiger partial charge in [0.1, 0.15) is 5.82 Å². The second kappa shape index (κ2) is 6.04. The third kappa shape index (κ3) is 3.56. The number of carbonyl (C=O) groups excluding carboxylic acids is 1. The lowest BCUT2D eigenvalue weighted by molar-refractivity contribution is 0.0992. The van der Waals surface area contributed by atoms with Gasteiger partial charge in [-0.05, 0) is 57.9 Å². The highest BCUT2D eigenvalue weighted by atomic mass is 79.9. The predicted molar refractivity (Wildman–Crippen MR) is 78.6 cm³/mol. The molecule has 0 saturated carbocycles. The van der Waals surface area contributed by atoms with Gasteiger partial charge in [-0.2, -0.15) is 0 Å². The molecule has 2 rings (SSSR count). The first-order chi connectivity index (χ1) is 8.97. The number of carbonyl (C=O) groups is 1. The van der Waals surface area contributed by atoms with E-state index in [4.69, 9.17) is 23.2 Å². The highest BCUT2D eigenvalue weighted by Gasteiger charge is 2.13. The van der Waals surface area contributed by atoms with Crippen LogP contribution < -0.4 is 0 Å². The molecule has 0 aromatic heterocycles. The van der Waals surface area contributed by atoms with Gasteiger partial charge in [0.15, 0.2) is 5.78 Å². The van der Waals surface area contributed by atoms with Crippen LogP contribution in [0.2, 0.25) is 10.0 Å². The van der Waals surface area contributed by atoms with Crippen LogP contribution in [0.5, 0.6) is 0 Å². The number of ketones is 1. The van der Waals surface area contributed by atoms with Crippen molar-refractivity contribution in [1.29, 1.82) is 0 Å². The van der Waals surface area contributed by atoms with Crippen LogP contribution in [-0.4, -0.2) is 5.78 Å². The molecule has 98 valence electrons. The van der Waals surface area contributed by atoms with Crippen LogP contribution in [0.25, 0.3) is 0 Å². The standard InChI is InChI=1S/C14H8BrCl2FO/c15-12-7-10(18)2-3-11(12)14(19)6-8-5-9(16)1-4-13(8)17/h1-5,7H,6H2. The maximum Gasteiger partial charge on any atom is 0.168 e. The van der Waals surface area contributed by atoms with E-state index in [1.165, 1.54) is 18.2 Å². The quantitative estimate of drug-likeness (QED) is 0.676. The Morgan fingerprint density at radius 3 is 2.58 bits per heavy atom. The summed E-state index contributed by atoms with van der Waals surface area (Å²) in [4.78, 5) is 12.2. The topological polar surface area (TPSA) is 17.1 Å². The van der Waals surface area contributed by atoms with Gasteiger partial charge >= 0.3 is 0 Å². The first-order valence-corrected chi connectivity index (χ1v) is 6.94. The zero-order valence-corrected chi connectivity index (χ0v) is 12.7. The molecule has 0 aliphatic carbocycles. The van der Waals surface area contributed by atoms with Crippen molar-refractivity contribution in [1.82, 2.24) is 0 Å². The molecule has 0 bridgehead atoms. The molecule has 0 heterocycles. The van der Waals surface area contributed by atoms with Gasteiger partial charge in [0.25, 0.3) is 0 Å². The fourth-order valence-electron chi connectivity index (χ4n) is 1.66. The summed E-state index contributed by atoms with van der Waals surface area (Å²) < 4.78 is 13.4. The number of halogens is 4. The fourth-order valence-corrected chi connectivity index (χ4v) is 2.61. The highest BCUT2D eigenvalue weighted by molar-refractivity contribution is 9.10. The van der Waals surface area contributed by atoms with Crippen molar-refractivity contribution in [2.24, 2.45) is 0 Å². The zero-order chi connectivity index (χ0) is 14.0. The fraction of sp³-hybridized carbons (Fsp3) is 0.0714. The average Bonchev–Trinajstić information content (AvgIpc) is 2.33. The molecule has 19 heavy (non-hydrogen) atoms. The summed E-state index contributed by atoms with van der Waals surface area (Å²) in [5.74, 6) is -0.555. The summed E-state index contributed by atoms with van der Waals surface area (Å²) in [5, 5.41) is 1.00. The van der Waals surface area contributed by atoms with E-state index in [-0.39, 0.29) is 12.2 Å². The second-order valence-corrected chi connectivity index (χ2v) is 5.66. The van der Waals surface area contributed by atoms with Crippen LogP contribution in [0, 0.1) is 5.82 Å². The van der Waals surface area contributed by atoms with E-state index in [2.05, 4.69) is 15.9 Å². The molecule has 0 unspecified atom stereocenters. The highest BCUT2D eigenvalue weighted by Crippen LogP contribution is 2.24. The van der Waals surface area contributed by atoms with E-state index in [0.717, 1.165) is 0 Å². The van der Waals surface area contributed by atoms with Crippen molar-refractivity contribution in [3.8, 4) is 0 Å². The van der Waals surface area contributed by atoms with Gasteiger partial charge in [0.2, 0.25) is 0 Å². The number of benzene rings is 2. The van der Waals surface area contributed by atoms with Gasteiger partial charge in [-0.25, -0.2) is 4.39 Å². The number of hydrogen-bond acceptors (Lipinski definition) is 1. The molecule has 0 aliphatic rings. The van der Waals surface area contributed by atoms with E-state index in [9.17, 15) is 9.18 Å². The Bertz CT molecular complexity index is 643. The monoisotopic (exact) mass is 360 g/mol. The van der Waals surface area contributed by atoms with Crippen molar-refractivity contribution in [2.45, 2.75) is 6.42 Å². The predicted octanol–water partition coefficient (Wildman–Crippen LogP) is 5.32. The van der Waals surface area contributed by atoms with Crippen LogP contribution in [0.15, 0.2) is 40.9 Å². The Morgan fingerprint density at radius 1 is 1.16 bits per heavy atom. The van der Waals surface area contributed by atoms with Crippen molar-refractivity contribution < 1.29 is 9.18 Å². The lowest BCUT2D eigenvalue weighted by atomic mass is 10.0. The van der Waals surface area contributed by atoms with E-state index in [1.807, 2.05) is 0 Å². The maximum atomic E-state index is 13.0. The minimum atomic E-state index is -0.399. The Hall–Kier alpha value is -0.900. The minimum Gasteiger partial charge on any atom is -0.294 e. The van der Waals surface area contributed by atoms with Gasteiger partial charge in [0.05, 0.1) is 0 Å². The van der Waals surface area contributed by atoms with Gasteiger partial charge < -0.3 is 0 Å². The SMILES string of the molecule is O=C(Cc1cc(Cl)ccc1Cl)c1ccc(F)cc1Br. The van der Waals surface area contributed by atoms with Gasteiger partial charge in [-0.3, -0.25) is 4.79 Å². The zero-order valence-electron chi connectivity index (χ0n) is 9.59. The lowest BCUT2D eigenvalue weighted by Crippen LogP contribution is -2.05. The second-order valence-electron chi connectivity index (χ2n) is 3.96. The van der Waals surface area contributed by atoms with Crippen LogP contribution in [0.4, 0.5) is 4.39 Å². The summed E-state index contributed by atoms with van der Waals surface area (Å²) in [6.45, 7) is 0. The lowest BCUT2D eigenvalue weighted by Gasteiger charge is -2.06. The van der Waals surface area contributed by atoms with Crippen molar-refractivity contribution in [3.63, 3.8) is 0 Å². The summed E-state index contributed by atoms with van der Waals surface area (Å²) in [6, 6.07) is 8.90. The summed E-state index contributed by atoms with van der Waals surface area (Å²) in [6.07, 6.45) is 0.115. The Balaban J connectivity index is 2.28. The third-order valence-electron chi connectivity index (χ3n) is 2.59. The Morgan fingerprint density at radius 2 is 1.89 bits per heavy atom. The average molecular weight is 362 g/mol. The molecule has 0 atom stereocenters. The number of hydrogen-bond donors (Lipinski definition) is 0. The smallest absolute Gasteiger partial charge is 0.168 e. The molecule has 0 aliphatic heterocycles. The van der Waals surface area contributed by atoms with E-state index in [0.29, 0.717) is 25.6 Å². The summed E-state index contributed by atoms with van der Waals surface area (Å²) in [7, 11) is 0. The molecule has 0 radical (unpaired) electrons. The van der Waals surface area contributed by atoms with Crippen molar-refractivity contribution >= 4 is 44.9 Å². The van der Waals surface area contributed by atoms with Crippen LogP contribution in [-0.2, 0) is 6.42 Å². The third-order valence-corrected chi connectivity index (χ3v) is 3.85. The molecule has 0 amide bonds. The first kappa shape index (κ1) is 14.5. The first-order valence-electron chi connectivity index (χ1n) is 5.39. The summed E-state index contributed by atoms with van der Waals surface area (Å²) >= 11 is 15.1. The molecule has 0 fully saturated rings. The van der Waals surface area contributed by atoms with Gasteiger partial charge in [0, 0.05) is 26.5 Å². The van der Waals surface area contributed by atoms with Gasteiger partial charge in [-0.1, -0.05) is 23.2 Å². The summed E-state index contributed by atoms with van der Waals surface area (Å²) in [5.41, 5.74) is 1.06. The minimum absolute atomic E-state index is 0.115. The van der Waals surface area contributed by atoms with E-state index >= 15 is 0 Å². The van der Waals surface area contributed by atoms with Crippen LogP contribution >= 0.6 is 39.1 Å². The largest absolute Gasteiger partial charge is 0.294 e. The van der Waals surface area contributed by atoms with Crippen molar-refractivity contribution in [3.05, 3.63) is 67.9 Å². The molecular formula is C14H8BrCl2FO. The molecular weight excluding hydrogens is 354 g/mol. The maximum absolute atomic E-state index is 13.0. The molecule has 2 aromatic rings. The molecule has 2 aromatic carbocycles.